The summed E-state index contributed by atoms with van der Waals surface area (Å²) in [5.74, 6) is -0.973. The summed E-state index contributed by atoms with van der Waals surface area (Å²) >= 11 is 0. The third kappa shape index (κ3) is 4.53. The summed E-state index contributed by atoms with van der Waals surface area (Å²) in [6, 6.07) is 17.3. The first-order valence-corrected chi connectivity index (χ1v) is 8.07. The number of carbonyl (C=O) groups is 2. The monoisotopic (exact) mass is 393 g/mol. The van der Waals surface area contributed by atoms with Gasteiger partial charge >= 0.3 is 5.97 Å². The molecule has 2 aromatic carbocycles. The standard InChI is InChI=1S/C21H15N3O3.ClH/c1-27-21(26)15-9-7-14(8-10-15)12-16(13-22)20(25)24-19-6-2-5-18-17(19)4-3-11-23-18;/h2-12H,1H3,(H,24,25);1H/b16-12+;. The van der Waals surface area contributed by atoms with Crippen molar-refractivity contribution in [3.8, 4) is 6.07 Å². The van der Waals surface area contributed by atoms with Crippen molar-refractivity contribution in [3.63, 3.8) is 0 Å². The Morgan fingerprint density at radius 2 is 1.86 bits per heavy atom. The number of hydrogen-bond acceptors (Lipinski definition) is 5. The lowest BCUT2D eigenvalue weighted by molar-refractivity contribution is -0.112. The molecule has 0 aliphatic rings. The minimum atomic E-state index is -0.522. The van der Waals surface area contributed by atoms with E-state index in [9.17, 15) is 14.9 Å². The number of rotatable bonds is 4. The van der Waals surface area contributed by atoms with Crippen LogP contribution in [0.1, 0.15) is 15.9 Å². The second-order valence-electron chi connectivity index (χ2n) is 5.61. The van der Waals surface area contributed by atoms with E-state index in [4.69, 9.17) is 0 Å². The number of hydrogen-bond donors (Lipinski definition) is 1. The number of pyridine rings is 1. The molecule has 1 N–H and O–H groups in total. The summed E-state index contributed by atoms with van der Waals surface area (Å²) in [5, 5.41) is 12.9. The predicted octanol–water partition coefficient (Wildman–Crippen LogP) is 3.99. The third-order valence-corrected chi connectivity index (χ3v) is 3.90. The van der Waals surface area contributed by atoms with Crippen LogP contribution in [0.15, 0.2) is 66.4 Å². The molecule has 0 aliphatic heterocycles. The van der Waals surface area contributed by atoms with E-state index in [-0.39, 0.29) is 18.0 Å². The van der Waals surface area contributed by atoms with Crippen molar-refractivity contribution in [3.05, 3.63) is 77.5 Å². The van der Waals surface area contributed by atoms with Crippen LogP contribution in [0, 0.1) is 11.3 Å². The highest BCUT2D eigenvalue weighted by Crippen LogP contribution is 2.22. The van der Waals surface area contributed by atoms with Crippen molar-refractivity contribution in [2.45, 2.75) is 0 Å². The molecular weight excluding hydrogens is 378 g/mol. The van der Waals surface area contributed by atoms with Gasteiger partial charge in [0.1, 0.15) is 11.6 Å². The lowest BCUT2D eigenvalue weighted by atomic mass is 10.1. The number of fused-ring (bicyclic) bond motifs is 1. The van der Waals surface area contributed by atoms with Crippen molar-refractivity contribution < 1.29 is 14.3 Å². The predicted molar refractivity (Wildman–Crippen MR) is 109 cm³/mol. The van der Waals surface area contributed by atoms with E-state index in [0.717, 1.165) is 10.9 Å². The average Bonchev–Trinajstić information content (AvgIpc) is 2.72. The number of nitriles is 1. The molecule has 28 heavy (non-hydrogen) atoms. The van der Waals surface area contributed by atoms with Gasteiger partial charge in [0.25, 0.3) is 5.91 Å². The molecular formula is C21H16ClN3O3. The number of methoxy groups -OCH3 is 1. The molecule has 0 atom stereocenters. The van der Waals surface area contributed by atoms with Crippen LogP contribution in [-0.4, -0.2) is 24.0 Å². The molecule has 0 bridgehead atoms. The Hall–Kier alpha value is -3.69. The zero-order chi connectivity index (χ0) is 19.2. The molecule has 0 unspecified atom stereocenters. The van der Waals surface area contributed by atoms with Crippen molar-refractivity contribution in [1.82, 2.24) is 4.98 Å². The highest BCUT2D eigenvalue weighted by Gasteiger charge is 2.12. The second kappa shape index (κ2) is 9.31. The number of ether oxygens (including phenoxy) is 1. The first-order valence-electron chi connectivity index (χ1n) is 8.07. The lowest BCUT2D eigenvalue weighted by Gasteiger charge is -2.07. The lowest BCUT2D eigenvalue weighted by Crippen LogP contribution is -2.13. The van der Waals surface area contributed by atoms with E-state index in [2.05, 4.69) is 15.0 Å². The Morgan fingerprint density at radius 3 is 2.54 bits per heavy atom. The van der Waals surface area contributed by atoms with E-state index in [1.165, 1.54) is 13.2 Å². The molecule has 1 amide bonds. The number of amides is 1. The minimum Gasteiger partial charge on any atom is -0.465 e. The Bertz CT molecular complexity index is 1080. The Labute approximate surface area is 167 Å². The van der Waals surface area contributed by atoms with Crippen molar-refractivity contribution in [1.29, 1.82) is 5.26 Å². The molecule has 0 radical (unpaired) electrons. The van der Waals surface area contributed by atoms with Gasteiger partial charge in [-0.05, 0) is 48.0 Å². The highest BCUT2D eigenvalue weighted by molar-refractivity contribution is 6.12. The van der Waals surface area contributed by atoms with E-state index in [1.54, 1.807) is 48.7 Å². The summed E-state index contributed by atoms with van der Waals surface area (Å²) in [5.41, 5.74) is 2.28. The fourth-order valence-corrected chi connectivity index (χ4v) is 2.55. The van der Waals surface area contributed by atoms with Gasteiger partial charge < -0.3 is 10.1 Å². The fraction of sp³-hybridized carbons (Fsp3) is 0.0476. The van der Waals surface area contributed by atoms with Gasteiger partial charge in [-0.1, -0.05) is 18.2 Å². The zero-order valence-corrected chi connectivity index (χ0v) is 15.7. The van der Waals surface area contributed by atoms with Gasteiger partial charge in [0.05, 0.1) is 23.9 Å². The molecule has 1 aromatic heterocycles. The summed E-state index contributed by atoms with van der Waals surface area (Å²) in [7, 11) is 1.30. The first-order chi connectivity index (χ1) is 13.1. The Kier molecular flexibility index (Phi) is 6.85. The third-order valence-electron chi connectivity index (χ3n) is 3.90. The smallest absolute Gasteiger partial charge is 0.337 e. The average molecular weight is 394 g/mol. The molecule has 7 heteroatoms. The zero-order valence-electron chi connectivity index (χ0n) is 14.9. The van der Waals surface area contributed by atoms with Gasteiger partial charge in [0, 0.05) is 11.6 Å². The van der Waals surface area contributed by atoms with Crippen LogP contribution in [0.2, 0.25) is 0 Å². The van der Waals surface area contributed by atoms with Crippen LogP contribution in [0.25, 0.3) is 17.0 Å². The molecule has 0 fully saturated rings. The fourth-order valence-electron chi connectivity index (χ4n) is 2.55. The quantitative estimate of drug-likeness (QED) is 0.411. The molecule has 6 nitrogen and oxygen atoms in total. The maximum absolute atomic E-state index is 12.5. The maximum Gasteiger partial charge on any atom is 0.337 e. The highest BCUT2D eigenvalue weighted by atomic mass is 35.5. The van der Waals surface area contributed by atoms with Gasteiger partial charge in [0.2, 0.25) is 0 Å². The molecule has 3 aromatic rings. The number of benzene rings is 2. The van der Waals surface area contributed by atoms with Crippen LogP contribution in [0.3, 0.4) is 0 Å². The SMILES string of the molecule is COC(=O)c1ccc(/C=C(\C#N)C(=O)Nc2cccc3ncccc23)cc1.Cl. The van der Waals surface area contributed by atoms with Gasteiger partial charge in [0.15, 0.2) is 0 Å². The van der Waals surface area contributed by atoms with Gasteiger partial charge in [-0.25, -0.2) is 4.79 Å². The Balaban J connectivity index is 0.00000280. The molecule has 0 aliphatic carbocycles. The largest absolute Gasteiger partial charge is 0.465 e. The number of anilines is 1. The van der Waals surface area contributed by atoms with Crippen LogP contribution in [-0.2, 0) is 9.53 Å². The number of carbonyl (C=O) groups excluding carboxylic acids is 2. The molecule has 140 valence electrons. The van der Waals surface area contributed by atoms with E-state index >= 15 is 0 Å². The molecule has 1 heterocycles. The van der Waals surface area contributed by atoms with E-state index < -0.39 is 11.9 Å². The summed E-state index contributed by atoms with van der Waals surface area (Å²) < 4.78 is 4.64. The van der Waals surface area contributed by atoms with Crippen LogP contribution < -0.4 is 5.32 Å². The first kappa shape index (κ1) is 20.6. The van der Waals surface area contributed by atoms with Crippen LogP contribution in [0.5, 0.6) is 0 Å². The maximum atomic E-state index is 12.5. The number of nitrogens with one attached hydrogen (secondary N) is 1. The summed E-state index contributed by atoms with van der Waals surface area (Å²) in [6.07, 6.45) is 3.13. The van der Waals surface area contributed by atoms with E-state index in [0.29, 0.717) is 16.8 Å². The molecule has 3 rings (SSSR count). The molecule has 0 spiro atoms. The van der Waals surface area contributed by atoms with Crippen molar-refractivity contribution in [2.24, 2.45) is 0 Å². The number of halogens is 1. The topological polar surface area (TPSA) is 92.1 Å². The van der Waals surface area contributed by atoms with E-state index in [1.807, 2.05) is 18.2 Å². The molecule has 0 saturated heterocycles. The summed E-state index contributed by atoms with van der Waals surface area (Å²) in [6.45, 7) is 0. The van der Waals surface area contributed by atoms with Gasteiger partial charge in [-0.2, -0.15) is 5.26 Å². The van der Waals surface area contributed by atoms with Gasteiger partial charge in [-0.15, -0.1) is 12.4 Å². The van der Waals surface area contributed by atoms with Crippen LogP contribution in [0.4, 0.5) is 5.69 Å². The minimum absolute atomic E-state index is 0. The van der Waals surface area contributed by atoms with Crippen molar-refractivity contribution >= 4 is 46.9 Å². The number of aromatic nitrogens is 1. The van der Waals surface area contributed by atoms with Crippen LogP contribution >= 0.6 is 12.4 Å². The summed E-state index contributed by atoms with van der Waals surface area (Å²) in [4.78, 5) is 28.2. The molecule has 0 saturated carbocycles. The normalized spacial score (nSPS) is 10.5. The number of esters is 1. The second-order valence-corrected chi connectivity index (χ2v) is 5.61. The van der Waals surface area contributed by atoms with Gasteiger partial charge in [-0.3, -0.25) is 9.78 Å². The number of nitrogens with zero attached hydrogens (tertiary/aromatic N) is 2. The Morgan fingerprint density at radius 1 is 1.11 bits per heavy atom. The van der Waals surface area contributed by atoms with Crippen molar-refractivity contribution in [2.75, 3.05) is 12.4 Å².